The van der Waals surface area contributed by atoms with Crippen LogP contribution in [0.3, 0.4) is 0 Å². The number of nitrogens with zero attached hydrogens (tertiary/aromatic N) is 2. The molecular weight excluding hydrogens is 308 g/mol. The number of anilines is 1. The lowest BCUT2D eigenvalue weighted by Gasteiger charge is -2.36. The molecule has 0 radical (unpaired) electrons. The fraction of sp³-hybridized carbons (Fsp3) is 0.308. The maximum absolute atomic E-state index is 5.91. The van der Waals surface area contributed by atoms with Gasteiger partial charge in [0.2, 0.25) is 0 Å². The van der Waals surface area contributed by atoms with Crippen molar-refractivity contribution in [3.63, 3.8) is 0 Å². The Balaban J connectivity index is 1.80. The van der Waals surface area contributed by atoms with Crippen LogP contribution in [0.1, 0.15) is 0 Å². The number of likely N-dealkylation sites (N-methyl/N-ethyl adjacent to an activating group) is 1. The number of nitrogen functional groups attached to an aromatic ring is 1. The SMILES string of the molecule is CN1CC(Oc2ccc(-c3cn[nH]c3N)cc2Br)C1. The summed E-state index contributed by atoms with van der Waals surface area (Å²) in [6.45, 7) is 1.95. The Morgan fingerprint density at radius 1 is 1.47 bits per heavy atom. The number of hydrogen-bond acceptors (Lipinski definition) is 4. The van der Waals surface area contributed by atoms with Gasteiger partial charge in [0.1, 0.15) is 17.7 Å². The van der Waals surface area contributed by atoms with E-state index in [0.29, 0.717) is 5.82 Å². The average Bonchev–Trinajstić information content (AvgIpc) is 2.76. The molecule has 100 valence electrons. The van der Waals surface area contributed by atoms with Crippen LogP contribution in [0.25, 0.3) is 11.1 Å². The Kier molecular flexibility index (Phi) is 3.20. The molecule has 3 N–H and O–H groups in total. The van der Waals surface area contributed by atoms with Gasteiger partial charge < -0.3 is 10.5 Å². The molecule has 0 amide bonds. The lowest BCUT2D eigenvalue weighted by Crippen LogP contribution is -2.51. The van der Waals surface area contributed by atoms with Crippen molar-refractivity contribution >= 4 is 21.7 Å². The lowest BCUT2D eigenvalue weighted by molar-refractivity contribution is 0.0383. The summed E-state index contributed by atoms with van der Waals surface area (Å²) in [7, 11) is 2.08. The first kappa shape index (κ1) is 12.5. The van der Waals surface area contributed by atoms with Gasteiger partial charge >= 0.3 is 0 Å². The third kappa shape index (κ3) is 2.46. The lowest BCUT2D eigenvalue weighted by atomic mass is 10.1. The van der Waals surface area contributed by atoms with Crippen molar-refractivity contribution in [2.24, 2.45) is 0 Å². The summed E-state index contributed by atoms with van der Waals surface area (Å²) in [6.07, 6.45) is 2.00. The molecule has 19 heavy (non-hydrogen) atoms. The molecule has 0 atom stereocenters. The molecule has 1 fully saturated rings. The van der Waals surface area contributed by atoms with E-state index < -0.39 is 0 Å². The number of aromatic amines is 1. The summed E-state index contributed by atoms with van der Waals surface area (Å²) < 4.78 is 6.84. The topological polar surface area (TPSA) is 67.2 Å². The van der Waals surface area contributed by atoms with E-state index in [-0.39, 0.29) is 6.10 Å². The summed E-state index contributed by atoms with van der Waals surface area (Å²) >= 11 is 3.54. The quantitative estimate of drug-likeness (QED) is 0.908. The number of ether oxygens (including phenoxy) is 1. The Morgan fingerprint density at radius 3 is 2.84 bits per heavy atom. The largest absolute Gasteiger partial charge is 0.487 e. The van der Waals surface area contributed by atoms with Crippen molar-refractivity contribution in [1.29, 1.82) is 0 Å². The number of benzene rings is 1. The molecular formula is C13H15BrN4O. The highest BCUT2D eigenvalue weighted by Gasteiger charge is 2.25. The van der Waals surface area contributed by atoms with Gasteiger partial charge in [-0.15, -0.1) is 0 Å². The molecule has 1 aromatic heterocycles. The molecule has 0 saturated carbocycles. The molecule has 3 rings (SSSR count). The van der Waals surface area contributed by atoms with Crippen molar-refractivity contribution < 1.29 is 4.74 Å². The van der Waals surface area contributed by atoms with E-state index in [9.17, 15) is 0 Å². The van der Waals surface area contributed by atoms with E-state index >= 15 is 0 Å². The van der Waals surface area contributed by atoms with Gasteiger partial charge in [-0.3, -0.25) is 10.00 Å². The molecule has 0 bridgehead atoms. The first-order valence-electron chi connectivity index (χ1n) is 6.07. The van der Waals surface area contributed by atoms with E-state index in [1.165, 1.54) is 0 Å². The Labute approximate surface area is 119 Å². The maximum Gasteiger partial charge on any atom is 0.134 e. The minimum atomic E-state index is 0.283. The molecule has 2 heterocycles. The zero-order chi connectivity index (χ0) is 13.4. The fourth-order valence-electron chi connectivity index (χ4n) is 2.19. The predicted octanol–water partition coefficient (Wildman–Crippen LogP) is 2.11. The second-order valence-electron chi connectivity index (χ2n) is 4.80. The zero-order valence-electron chi connectivity index (χ0n) is 10.6. The van der Waals surface area contributed by atoms with Gasteiger partial charge in [0.25, 0.3) is 0 Å². The second-order valence-corrected chi connectivity index (χ2v) is 5.66. The number of nitrogens with one attached hydrogen (secondary N) is 1. The van der Waals surface area contributed by atoms with Crippen molar-refractivity contribution in [3.8, 4) is 16.9 Å². The fourth-order valence-corrected chi connectivity index (χ4v) is 2.66. The first-order valence-corrected chi connectivity index (χ1v) is 6.87. The van der Waals surface area contributed by atoms with Crippen molar-refractivity contribution in [2.45, 2.75) is 6.10 Å². The van der Waals surface area contributed by atoms with Crippen molar-refractivity contribution in [2.75, 3.05) is 25.9 Å². The van der Waals surface area contributed by atoms with Gasteiger partial charge in [-0.2, -0.15) is 5.10 Å². The standard InChI is InChI=1S/C13H15BrN4O/c1-18-6-9(7-18)19-12-3-2-8(4-11(12)14)10-5-16-17-13(10)15/h2-5,9H,6-7H2,1H3,(H3,15,16,17). The maximum atomic E-state index is 5.91. The predicted molar refractivity (Wildman–Crippen MR) is 78.0 cm³/mol. The minimum Gasteiger partial charge on any atom is -0.487 e. The molecule has 0 spiro atoms. The molecule has 1 aliphatic heterocycles. The van der Waals surface area contributed by atoms with Crippen LogP contribution in [0, 0.1) is 0 Å². The van der Waals surface area contributed by atoms with Crippen molar-refractivity contribution in [3.05, 3.63) is 28.9 Å². The molecule has 0 unspecified atom stereocenters. The summed E-state index contributed by atoms with van der Waals surface area (Å²) in [5, 5.41) is 6.66. The Hall–Kier alpha value is -1.53. The molecule has 2 aromatic rings. The molecule has 1 aromatic carbocycles. The van der Waals surface area contributed by atoms with Crippen LogP contribution in [0.2, 0.25) is 0 Å². The third-order valence-electron chi connectivity index (χ3n) is 3.24. The smallest absolute Gasteiger partial charge is 0.134 e. The number of halogens is 1. The molecule has 0 aliphatic carbocycles. The minimum absolute atomic E-state index is 0.283. The number of likely N-dealkylation sites (tertiary alicyclic amines) is 1. The van der Waals surface area contributed by atoms with Gasteiger partial charge in [-0.05, 0) is 40.7 Å². The first-order chi connectivity index (χ1) is 9.13. The van der Waals surface area contributed by atoms with E-state index in [2.05, 4.69) is 38.1 Å². The number of H-pyrrole nitrogens is 1. The average molecular weight is 323 g/mol. The highest BCUT2D eigenvalue weighted by Crippen LogP contribution is 2.33. The van der Waals surface area contributed by atoms with Crippen LogP contribution in [0.5, 0.6) is 5.75 Å². The van der Waals surface area contributed by atoms with Crippen LogP contribution in [0.15, 0.2) is 28.9 Å². The van der Waals surface area contributed by atoms with Crippen LogP contribution in [-0.2, 0) is 0 Å². The highest BCUT2D eigenvalue weighted by atomic mass is 79.9. The van der Waals surface area contributed by atoms with Crippen molar-refractivity contribution in [1.82, 2.24) is 15.1 Å². The number of nitrogens with two attached hydrogens (primary N) is 1. The highest BCUT2D eigenvalue weighted by molar-refractivity contribution is 9.10. The van der Waals surface area contributed by atoms with Gasteiger partial charge in [0.15, 0.2) is 0 Å². The summed E-state index contributed by atoms with van der Waals surface area (Å²) in [6, 6.07) is 5.95. The molecule has 6 heteroatoms. The Bertz CT molecular complexity index is 592. The van der Waals surface area contributed by atoms with E-state index in [4.69, 9.17) is 10.5 Å². The van der Waals surface area contributed by atoms with Gasteiger partial charge in [-0.25, -0.2) is 0 Å². The normalized spacial score (nSPS) is 16.3. The molecule has 1 saturated heterocycles. The zero-order valence-corrected chi connectivity index (χ0v) is 12.1. The monoisotopic (exact) mass is 322 g/mol. The van der Waals surface area contributed by atoms with E-state index in [1.807, 2.05) is 18.2 Å². The number of hydrogen-bond donors (Lipinski definition) is 2. The van der Waals surface area contributed by atoms with E-state index in [1.54, 1.807) is 6.20 Å². The second kappa shape index (κ2) is 4.86. The number of aromatic nitrogens is 2. The summed E-state index contributed by atoms with van der Waals surface area (Å²) in [5.74, 6) is 1.44. The summed E-state index contributed by atoms with van der Waals surface area (Å²) in [4.78, 5) is 2.22. The van der Waals surface area contributed by atoms with E-state index in [0.717, 1.165) is 34.4 Å². The molecule has 1 aliphatic rings. The molecule has 5 nitrogen and oxygen atoms in total. The van der Waals surface area contributed by atoms with Crippen LogP contribution in [0.4, 0.5) is 5.82 Å². The van der Waals surface area contributed by atoms with Gasteiger partial charge in [-0.1, -0.05) is 6.07 Å². The van der Waals surface area contributed by atoms with Gasteiger partial charge in [0, 0.05) is 18.7 Å². The van der Waals surface area contributed by atoms with Gasteiger partial charge in [0.05, 0.1) is 10.7 Å². The number of rotatable bonds is 3. The van der Waals surface area contributed by atoms with Crippen LogP contribution >= 0.6 is 15.9 Å². The third-order valence-corrected chi connectivity index (χ3v) is 3.86. The Morgan fingerprint density at radius 2 is 2.26 bits per heavy atom. The van der Waals surface area contributed by atoms with Crippen LogP contribution < -0.4 is 10.5 Å². The van der Waals surface area contributed by atoms with Crippen LogP contribution in [-0.4, -0.2) is 41.3 Å². The summed E-state index contributed by atoms with van der Waals surface area (Å²) in [5.41, 5.74) is 7.73.